The molecule has 0 bridgehead atoms. The van der Waals surface area contributed by atoms with Gasteiger partial charge in [-0.2, -0.15) is 0 Å². The van der Waals surface area contributed by atoms with Gasteiger partial charge in [-0.1, -0.05) is 40.2 Å². The average Bonchev–Trinajstić information content (AvgIpc) is 3.21. The van der Waals surface area contributed by atoms with E-state index in [1.807, 2.05) is 24.3 Å². The minimum Gasteiger partial charge on any atom is -0.504 e. The van der Waals surface area contributed by atoms with Gasteiger partial charge in [-0.05, 0) is 72.0 Å². The van der Waals surface area contributed by atoms with E-state index in [0.717, 1.165) is 11.1 Å². The molecule has 0 unspecified atom stereocenters. The normalized spacial score (nSPS) is 13.8. The molecule has 0 fully saturated rings. The number of carbonyl (C=O) groups excluding carboxylic acids is 1. The molecule has 1 amide bonds. The lowest BCUT2D eigenvalue weighted by Crippen LogP contribution is -2.35. The molecule has 1 aliphatic rings. The van der Waals surface area contributed by atoms with Gasteiger partial charge < -0.3 is 15.1 Å². The van der Waals surface area contributed by atoms with Crippen LogP contribution in [0.3, 0.4) is 0 Å². The van der Waals surface area contributed by atoms with Gasteiger partial charge in [0.1, 0.15) is 0 Å². The van der Waals surface area contributed by atoms with Gasteiger partial charge in [0, 0.05) is 29.3 Å². The zero-order valence-corrected chi connectivity index (χ0v) is 20.7. The molecule has 0 atom stereocenters. The number of sulfonamides is 1. The third kappa shape index (κ3) is 5.16. The van der Waals surface area contributed by atoms with Crippen LogP contribution in [0, 0.1) is 0 Å². The Hall–Kier alpha value is -3.14. The molecule has 0 radical (unpaired) electrons. The molecule has 3 N–H and O–H groups in total. The molecule has 3 aromatic carbocycles. The first-order chi connectivity index (χ1) is 16.1. The molecule has 7 nitrogen and oxygen atoms in total. The standard InChI is InChI=1S/C25H23BrN2O5S/c1-28(25(31)11-6-18-14-23(29)24(30)15-22(18)26)20-7-9-21(10-8-20)34(32,33)27-19-12-16-4-2-3-5-17(16)13-19/h2-11,14-15,19,27,29-30H,12-13H2,1H3. The van der Waals surface area contributed by atoms with Crippen LogP contribution in [-0.2, 0) is 27.7 Å². The molecule has 0 saturated carbocycles. The highest BCUT2D eigenvalue weighted by atomic mass is 79.9. The van der Waals surface area contributed by atoms with Crippen LogP contribution in [0.5, 0.6) is 11.5 Å². The van der Waals surface area contributed by atoms with Crippen molar-refractivity contribution in [3.05, 3.63) is 87.9 Å². The summed E-state index contributed by atoms with van der Waals surface area (Å²) >= 11 is 3.27. The van der Waals surface area contributed by atoms with Gasteiger partial charge in [-0.15, -0.1) is 0 Å². The quantitative estimate of drug-likeness (QED) is 0.322. The lowest BCUT2D eigenvalue weighted by atomic mass is 10.1. The molecule has 4 rings (SSSR count). The molecule has 0 saturated heterocycles. The van der Waals surface area contributed by atoms with Gasteiger partial charge in [-0.3, -0.25) is 4.79 Å². The Morgan fingerprint density at radius 3 is 2.24 bits per heavy atom. The molecular formula is C25H23BrN2O5S. The number of carbonyl (C=O) groups is 1. The third-order valence-corrected chi connectivity index (χ3v) is 7.96. The van der Waals surface area contributed by atoms with Crippen LogP contribution >= 0.6 is 15.9 Å². The fourth-order valence-electron chi connectivity index (χ4n) is 3.87. The number of halogens is 1. The topological polar surface area (TPSA) is 107 Å². The number of phenols is 2. The SMILES string of the molecule is CN(C(=O)C=Cc1cc(O)c(O)cc1Br)c1ccc(S(=O)(=O)NC2Cc3ccccc3C2)cc1. The zero-order chi connectivity index (χ0) is 24.5. The first kappa shape index (κ1) is 24.0. The summed E-state index contributed by atoms with van der Waals surface area (Å²) in [5.74, 6) is -0.915. The molecule has 0 spiro atoms. The zero-order valence-electron chi connectivity index (χ0n) is 18.3. The summed E-state index contributed by atoms with van der Waals surface area (Å²) in [4.78, 5) is 14.1. The predicted octanol–water partition coefficient (Wildman–Crippen LogP) is 3.98. The summed E-state index contributed by atoms with van der Waals surface area (Å²) in [6.45, 7) is 0. The number of fused-ring (bicyclic) bond motifs is 1. The first-order valence-electron chi connectivity index (χ1n) is 10.5. The molecule has 34 heavy (non-hydrogen) atoms. The molecule has 176 valence electrons. The Bertz CT molecular complexity index is 1350. The van der Waals surface area contributed by atoms with Gasteiger partial charge >= 0.3 is 0 Å². The van der Waals surface area contributed by atoms with Crippen LogP contribution in [-0.4, -0.2) is 37.6 Å². The van der Waals surface area contributed by atoms with E-state index in [4.69, 9.17) is 0 Å². The third-order valence-electron chi connectivity index (χ3n) is 5.74. The summed E-state index contributed by atoms with van der Waals surface area (Å²) < 4.78 is 29.0. The van der Waals surface area contributed by atoms with Crippen molar-refractivity contribution in [1.29, 1.82) is 0 Å². The van der Waals surface area contributed by atoms with E-state index in [0.29, 0.717) is 28.6 Å². The highest BCUT2D eigenvalue weighted by molar-refractivity contribution is 9.10. The fourth-order valence-corrected chi connectivity index (χ4v) is 5.57. The number of phenolic OH excluding ortho intramolecular Hbond substituents is 2. The van der Waals surface area contributed by atoms with E-state index < -0.39 is 10.0 Å². The molecule has 0 aliphatic heterocycles. The van der Waals surface area contributed by atoms with Gasteiger partial charge in [0.2, 0.25) is 10.0 Å². The van der Waals surface area contributed by atoms with Crippen molar-refractivity contribution in [1.82, 2.24) is 4.72 Å². The minimum atomic E-state index is -3.70. The van der Waals surface area contributed by atoms with E-state index in [1.165, 1.54) is 41.3 Å². The second-order valence-corrected chi connectivity index (χ2v) is 10.7. The van der Waals surface area contributed by atoms with Crippen LogP contribution in [0.25, 0.3) is 6.08 Å². The summed E-state index contributed by atoms with van der Waals surface area (Å²) in [7, 11) is -2.12. The van der Waals surface area contributed by atoms with E-state index in [2.05, 4.69) is 20.7 Å². The Labute approximate surface area is 206 Å². The van der Waals surface area contributed by atoms with Crippen LogP contribution < -0.4 is 9.62 Å². The largest absolute Gasteiger partial charge is 0.504 e. The number of benzene rings is 3. The summed E-state index contributed by atoms with van der Waals surface area (Å²) in [5, 5.41) is 19.2. The first-order valence-corrected chi connectivity index (χ1v) is 12.8. The number of nitrogens with zero attached hydrogens (tertiary/aromatic N) is 1. The van der Waals surface area contributed by atoms with Crippen molar-refractivity contribution in [3.8, 4) is 11.5 Å². The van der Waals surface area contributed by atoms with E-state index >= 15 is 0 Å². The molecule has 1 aliphatic carbocycles. The van der Waals surface area contributed by atoms with Gasteiger partial charge in [-0.25, -0.2) is 13.1 Å². The maximum atomic E-state index is 12.9. The number of hydrogen-bond acceptors (Lipinski definition) is 5. The molecule has 0 heterocycles. The highest BCUT2D eigenvalue weighted by Gasteiger charge is 2.26. The highest BCUT2D eigenvalue weighted by Crippen LogP contribution is 2.32. The number of hydrogen-bond donors (Lipinski definition) is 3. The van der Waals surface area contributed by atoms with Crippen LogP contribution in [0.15, 0.2) is 76.1 Å². The van der Waals surface area contributed by atoms with Gasteiger partial charge in [0.15, 0.2) is 11.5 Å². The predicted molar refractivity (Wildman–Crippen MR) is 134 cm³/mol. The Balaban J connectivity index is 1.42. The smallest absolute Gasteiger partial charge is 0.250 e. The summed E-state index contributed by atoms with van der Waals surface area (Å²) in [6, 6.07) is 16.5. The number of rotatable bonds is 6. The van der Waals surface area contributed by atoms with Crippen LogP contribution in [0.2, 0.25) is 0 Å². The van der Waals surface area contributed by atoms with Gasteiger partial charge in [0.25, 0.3) is 5.91 Å². The van der Waals surface area contributed by atoms with Crippen molar-refractivity contribution in [2.24, 2.45) is 0 Å². The number of likely N-dealkylation sites (N-methyl/N-ethyl adjacent to an activating group) is 1. The van der Waals surface area contributed by atoms with Crippen molar-refractivity contribution < 1.29 is 23.4 Å². The summed E-state index contributed by atoms with van der Waals surface area (Å²) in [6.07, 6.45) is 4.14. The maximum absolute atomic E-state index is 12.9. The van der Waals surface area contributed by atoms with Crippen LogP contribution in [0.1, 0.15) is 16.7 Å². The Morgan fingerprint density at radius 2 is 1.62 bits per heavy atom. The average molecular weight is 543 g/mol. The van der Waals surface area contributed by atoms with Crippen molar-refractivity contribution in [3.63, 3.8) is 0 Å². The van der Waals surface area contributed by atoms with E-state index in [1.54, 1.807) is 19.2 Å². The second-order valence-electron chi connectivity index (χ2n) is 8.08. The fraction of sp³-hybridized carbons (Fsp3) is 0.160. The van der Waals surface area contributed by atoms with Crippen molar-refractivity contribution >= 4 is 43.6 Å². The molecule has 0 aromatic heterocycles. The van der Waals surface area contributed by atoms with Crippen molar-refractivity contribution in [2.45, 2.75) is 23.8 Å². The molecular weight excluding hydrogens is 520 g/mol. The Kier molecular flexibility index (Phi) is 6.79. The lowest BCUT2D eigenvalue weighted by molar-refractivity contribution is -0.113. The van der Waals surface area contributed by atoms with Crippen LogP contribution in [0.4, 0.5) is 5.69 Å². The number of anilines is 1. The number of amides is 1. The van der Waals surface area contributed by atoms with E-state index in [9.17, 15) is 23.4 Å². The van der Waals surface area contributed by atoms with Gasteiger partial charge in [0.05, 0.1) is 4.90 Å². The monoisotopic (exact) mass is 542 g/mol. The lowest BCUT2D eigenvalue weighted by Gasteiger charge is -2.17. The van der Waals surface area contributed by atoms with Crippen molar-refractivity contribution in [2.75, 3.05) is 11.9 Å². The molecule has 9 heteroatoms. The number of nitrogens with one attached hydrogen (secondary N) is 1. The van der Waals surface area contributed by atoms with E-state index in [-0.39, 0.29) is 28.3 Å². The Morgan fingerprint density at radius 1 is 1.03 bits per heavy atom. The maximum Gasteiger partial charge on any atom is 0.250 e. The second kappa shape index (κ2) is 9.61. The minimum absolute atomic E-state index is 0.132. The molecule has 3 aromatic rings. The number of aromatic hydroxyl groups is 2. The summed E-state index contributed by atoms with van der Waals surface area (Å²) in [5.41, 5.74) is 3.36.